The van der Waals surface area contributed by atoms with Crippen LogP contribution in [0.5, 0.6) is 5.75 Å². The van der Waals surface area contributed by atoms with Crippen LogP contribution in [0.1, 0.15) is 25.3 Å². The predicted molar refractivity (Wildman–Crippen MR) is 108 cm³/mol. The van der Waals surface area contributed by atoms with Crippen LogP contribution in [0.3, 0.4) is 0 Å². The summed E-state index contributed by atoms with van der Waals surface area (Å²) in [5.74, 6) is 0.711. The minimum Gasteiger partial charge on any atom is -0.496 e. The fraction of sp³-hybridized carbons (Fsp3) is 0.333. The number of nitrogens with zero attached hydrogens (tertiary/aromatic N) is 1. The van der Waals surface area contributed by atoms with E-state index in [1.807, 2.05) is 13.8 Å². The monoisotopic (exact) mass is 412 g/mol. The summed E-state index contributed by atoms with van der Waals surface area (Å²) >= 11 is 0. The van der Waals surface area contributed by atoms with Crippen molar-refractivity contribution in [3.05, 3.63) is 48.0 Å². The second kappa shape index (κ2) is 7.77. The zero-order chi connectivity index (χ0) is 20.4. The zero-order valence-corrected chi connectivity index (χ0v) is 17.6. The predicted octanol–water partition coefficient (Wildman–Crippen LogP) is 3.02. The van der Waals surface area contributed by atoms with Gasteiger partial charge in [0.2, 0.25) is 10.0 Å². The van der Waals surface area contributed by atoms with Gasteiger partial charge < -0.3 is 4.74 Å². The Kier molecular flexibility index (Phi) is 6.06. The van der Waals surface area contributed by atoms with E-state index in [9.17, 15) is 16.8 Å². The minimum absolute atomic E-state index is 0.0850. The lowest BCUT2D eigenvalue weighted by atomic mass is 10.0. The molecule has 0 amide bonds. The molecule has 0 atom stereocenters. The third-order valence-corrected chi connectivity index (χ3v) is 6.68. The molecule has 0 spiro atoms. The first kappa shape index (κ1) is 21.0. The summed E-state index contributed by atoms with van der Waals surface area (Å²) < 4.78 is 57.8. The van der Waals surface area contributed by atoms with Crippen LogP contribution in [0.2, 0.25) is 0 Å². The molecule has 9 heteroatoms. The fourth-order valence-corrected chi connectivity index (χ4v) is 4.08. The Labute approximate surface area is 161 Å². The van der Waals surface area contributed by atoms with E-state index < -0.39 is 20.0 Å². The number of hydrogen-bond donors (Lipinski definition) is 1. The number of ether oxygens (including phenoxy) is 1. The van der Waals surface area contributed by atoms with E-state index >= 15 is 0 Å². The Morgan fingerprint density at radius 3 is 2.26 bits per heavy atom. The Balaban J connectivity index is 2.39. The maximum absolute atomic E-state index is 12.8. The van der Waals surface area contributed by atoms with E-state index in [4.69, 9.17) is 4.74 Å². The Bertz CT molecular complexity index is 1030. The summed E-state index contributed by atoms with van der Waals surface area (Å²) in [7, 11) is -4.35. The number of hydrogen-bond acceptors (Lipinski definition) is 5. The highest BCUT2D eigenvalue weighted by molar-refractivity contribution is 7.92. The molecule has 1 N–H and O–H groups in total. The standard InChI is InChI=1S/C18H24N2O5S2/c1-13(2)17-12-16(9-10-18(17)25-4)27(23,24)19-14-7-6-8-15(11-14)20(3)26(5,21)22/h6-13,19H,1-5H3. The van der Waals surface area contributed by atoms with Crippen molar-refractivity contribution in [1.29, 1.82) is 0 Å². The summed E-state index contributed by atoms with van der Waals surface area (Å²) in [6, 6.07) is 10.9. The van der Waals surface area contributed by atoms with Crippen LogP contribution in [-0.4, -0.2) is 37.2 Å². The molecule has 0 aromatic heterocycles. The Morgan fingerprint density at radius 2 is 1.70 bits per heavy atom. The molecule has 2 aromatic rings. The Hall–Kier alpha value is -2.26. The number of benzene rings is 2. The van der Waals surface area contributed by atoms with E-state index in [1.54, 1.807) is 30.3 Å². The van der Waals surface area contributed by atoms with E-state index in [0.29, 0.717) is 11.4 Å². The fourth-order valence-electron chi connectivity index (χ4n) is 2.50. The average molecular weight is 413 g/mol. The topological polar surface area (TPSA) is 92.8 Å². The van der Waals surface area contributed by atoms with Crippen LogP contribution < -0.4 is 13.8 Å². The number of rotatable bonds is 7. The van der Waals surface area contributed by atoms with Gasteiger partial charge in [-0.2, -0.15) is 0 Å². The summed E-state index contributed by atoms with van der Waals surface area (Å²) in [5, 5.41) is 0. The first-order valence-corrected chi connectivity index (χ1v) is 11.5. The molecular weight excluding hydrogens is 388 g/mol. The number of nitrogens with one attached hydrogen (secondary N) is 1. The molecule has 0 radical (unpaired) electrons. The second-order valence-corrected chi connectivity index (χ2v) is 10.1. The van der Waals surface area contributed by atoms with E-state index in [-0.39, 0.29) is 16.5 Å². The average Bonchev–Trinajstić information content (AvgIpc) is 2.59. The molecule has 0 saturated carbocycles. The highest BCUT2D eigenvalue weighted by Gasteiger charge is 2.19. The summed E-state index contributed by atoms with van der Waals surface area (Å²) in [4.78, 5) is 0.105. The molecule has 0 heterocycles. The number of sulfonamides is 2. The van der Waals surface area contributed by atoms with E-state index in [1.165, 1.54) is 26.3 Å². The number of anilines is 2. The van der Waals surface area contributed by atoms with Gasteiger partial charge in [-0.25, -0.2) is 16.8 Å². The van der Waals surface area contributed by atoms with Crippen molar-refractivity contribution in [3.63, 3.8) is 0 Å². The van der Waals surface area contributed by atoms with Gasteiger partial charge in [-0.15, -0.1) is 0 Å². The molecule has 0 aliphatic carbocycles. The molecule has 27 heavy (non-hydrogen) atoms. The normalized spacial score (nSPS) is 12.1. The lowest BCUT2D eigenvalue weighted by molar-refractivity contribution is 0.407. The molecule has 0 unspecified atom stereocenters. The second-order valence-electron chi connectivity index (χ2n) is 6.44. The molecule has 0 fully saturated rings. The van der Waals surface area contributed by atoms with E-state index in [2.05, 4.69) is 4.72 Å². The van der Waals surface area contributed by atoms with Gasteiger partial charge in [-0.05, 0) is 47.9 Å². The molecule has 2 rings (SSSR count). The van der Waals surface area contributed by atoms with Crippen LogP contribution in [0.15, 0.2) is 47.4 Å². The molecule has 0 aliphatic rings. The molecular formula is C18H24N2O5S2. The van der Waals surface area contributed by atoms with Crippen molar-refractivity contribution in [1.82, 2.24) is 0 Å². The third kappa shape index (κ3) is 4.92. The molecule has 0 bridgehead atoms. The van der Waals surface area contributed by atoms with Crippen LogP contribution in [0.25, 0.3) is 0 Å². The quantitative estimate of drug-likeness (QED) is 0.755. The van der Waals surface area contributed by atoms with Crippen molar-refractivity contribution in [2.24, 2.45) is 0 Å². The molecule has 148 valence electrons. The first-order chi connectivity index (χ1) is 12.5. The smallest absolute Gasteiger partial charge is 0.261 e. The van der Waals surface area contributed by atoms with Gasteiger partial charge in [0.25, 0.3) is 10.0 Å². The lowest BCUT2D eigenvalue weighted by Crippen LogP contribution is -2.24. The maximum atomic E-state index is 12.8. The number of methoxy groups -OCH3 is 1. The Morgan fingerprint density at radius 1 is 1.04 bits per heavy atom. The van der Waals surface area contributed by atoms with Gasteiger partial charge in [-0.1, -0.05) is 19.9 Å². The van der Waals surface area contributed by atoms with Crippen molar-refractivity contribution in [2.75, 3.05) is 29.4 Å². The van der Waals surface area contributed by atoms with Crippen molar-refractivity contribution >= 4 is 31.4 Å². The van der Waals surface area contributed by atoms with E-state index in [0.717, 1.165) is 16.1 Å². The van der Waals surface area contributed by atoms with Crippen molar-refractivity contribution in [3.8, 4) is 5.75 Å². The van der Waals surface area contributed by atoms with Crippen LogP contribution in [-0.2, 0) is 20.0 Å². The van der Waals surface area contributed by atoms with Crippen LogP contribution in [0.4, 0.5) is 11.4 Å². The highest BCUT2D eigenvalue weighted by Crippen LogP contribution is 2.30. The highest BCUT2D eigenvalue weighted by atomic mass is 32.2. The van der Waals surface area contributed by atoms with Gasteiger partial charge in [0.05, 0.1) is 29.6 Å². The molecule has 0 saturated heterocycles. The molecule has 2 aromatic carbocycles. The van der Waals surface area contributed by atoms with Crippen molar-refractivity contribution < 1.29 is 21.6 Å². The zero-order valence-electron chi connectivity index (χ0n) is 15.9. The van der Waals surface area contributed by atoms with Gasteiger partial charge >= 0.3 is 0 Å². The maximum Gasteiger partial charge on any atom is 0.261 e. The molecule has 7 nitrogen and oxygen atoms in total. The SMILES string of the molecule is COc1ccc(S(=O)(=O)Nc2cccc(N(C)S(C)(=O)=O)c2)cc1C(C)C. The van der Waals surface area contributed by atoms with Gasteiger partial charge in [0.1, 0.15) is 5.75 Å². The van der Waals surface area contributed by atoms with Gasteiger partial charge in [0, 0.05) is 7.05 Å². The van der Waals surface area contributed by atoms with Crippen LogP contribution in [0, 0.1) is 0 Å². The third-order valence-electron chi connectivity index (χ3n) is 4.09. The van der Waals surface area contributed by atoms with Crippen molar-refractivity contribution in [2.45, 2.75) is 24.7 Å². The van der Waals surface area contributed by atoms with Crippen LogP contribution >= 0.6 is 0 Å². The molecule has 0 aliphatic heterocycles. The summed E-state index contributed by atoms with van der Waals surface area (Å²) in [6.45, 7) is 3.90. The van der Waals surface area contributed by atoms with Gasteiger partial charge in [0.15, 0.2) is 0 Å². The van der Waals surface area contributed by atoms with Gasteiger partial charge in [-0.3, -0.25) is 9.03 Å². The summed E-state index contributed by atoms with van der Waals surface area (Å²) in [5.41, 5.74) is 1.41. The largest absolute Gasteiger partial charge is 0.496 e. The lowest BCUT2D eigenvalue weighted by Gasteiger charge is -2.18. The minimum atomic E-state index is -3.85. The first-order valence-electron chi connectivity index (χ1n) is 8.20. The summed E-state index contributed by atoms with van der Waals surface area (Å²) in [6.07, 6.45) is 1.08.